The molecule has 0 radical (unpaired) electrons. The third-order valence-electron chi connectivity index (χ3n) is 1.61. The van der Waals surface area contributed by atoms with Crippen LogP contribution in [0.5, 0.6) is 0 Å². The molecule has 0 aromatic carbocycles. The highest BCUT2D eigenvalue weighted by molar-refractivity contribution is 7.26. The summed E-state index contributed by atoms with van der Waals surface area (Å²) in [4.78, 5) is 4.13. The maximum Gasteiger partial charge on any atom is 0.306 e. The van der Waals surface area contributed by atoms with E-state index in [9.17, 15) is 4.57 Å². The van der Waals surface area contributed by atoms with Gasteiger partial charge in [-0.2, -0.15) is 0 Å². The van der Waals surface area contributed by atoms with Crippen LogP contribution in [0.15, 0.2) is 11.6 Å². The van der Waals surface area contributed by atoms with E-state index in [4.69, 9.17) is 9.47 Å². The first kappa shape index (κ1) is 13.7. The van der Waals surface area contributed by atoms with Crippen LogP contribution in [0.2, 0.25) is 0 Å². The Bertz CT molecular complexity index is 317. The number of thiazole rings is 1. The first-order valence-electron chi connectivity index (χ1n) is 5.10. The number of ether oxygens (including phenoxy) is 2. The molecule has 0 fully saturated rings. The van der Waals surface area contributed by atoms with Gasteiger partial charge in [-0.15, -0.1) is 11.3 Å². The fraction of sp³-hybridized carbons (Fsp3) is 0.700. The van der Waals surface area contributed by atoms with Gasteiger partial charge in [0.2, 0.25) is 8.46 Å². The smallest absolute Gasteiger partial charge is 0.306 e. The van der Waals surface area contributed by atoms with Gasteiger partial charge in [-0.1, -0.05) is 0 Å². The molecular formula is C10H16NO3PS. The summed E-state index contributed by atoms with van der Waals surface area (Å²) in [6.45, 7) is 7.49. The lowest BCUT2D eigenvalue weighted by atomic mass is 10.4. The van der Waals surface area contributed by atoms with Gasteiger partial charge in [0.15, 0.2) is 5.01 Å². The van der Waals surface area contributed by atoms with Crippen LogP contribution < -0.4 is 0 Å². The van der Waals surface area contributed by atoms with E-state index in [0.717, 1.165) is 0 Å². The molecule has 1 aromatic rings. The van der Waals surface area contributed by atoms with Crippen molar-refractivity contribution in [3.05, 3.63) is 16.6 Å². The Morgan fingerprint density at radius 2 is 1.88 bits per heavy atom. The van der Waals surface area contributed by atoms with Crippen molar-refractivity contribution >= 4 is 19.8 Å². The first-order valence-corrected chi connectivity index (χ1v) is 6.79. The number of hydrogen-bond donors (Lipinski definition) is 0. The van der Waals surface area contributed by atoms with Crippen LogP contribution in [0.1, 0.15) is 32.7 Å². The molecular weight excluding hydrogens is 245 g/mol. The van der Waals surface area contributed by atoms with Crippen molar-refractivity contribution in [2.24, 2.45) is 0 Å². The van der Waals surface area contributed by atoms with Gasteiger partial charge < -0.3 is 9.47 Å². The maximum absolute atomic E-state index is 11.4. The summed E-state index contributed by atoms with van der Waals surface area (Å²) in [5.74, 6) is 0. The van der Waals surface area contributed by atoms with Crippen LogP contribution >= 0.6 is 19.8 Å². The van der Waals surface area contributed by atoms with Crippen molar-refractivity contribution < 1.29 is 14.0 Å². The van der Waals surface area contributed by atoms with Crippen LogP contribution in [0.25, 0.3) is 0 Å². The zero-order chi connectivity index (χ0) is 12.2. The van der Waals surface area contributed by atoms with Gasteiger partial charge in [0, 0.05) is 11.6 Å². The molecule has 4 nitrogen and oxygen atoms in total. The Morgan fingerprint density at radius 3 is 2.19 bits per heavy atom. The van der Waals surface area contributed by atoms with Crippen molar-refractivity contribution in [2.75, 3.05) is 0 Å². The third kappa shape index (κ3) is 3.32. The molecule has 0 unspecified atom stereocenters. The van der Waals surface area contributed by atoms with E-state index in [2.05, 4.69) is 4.98 Å². The predicted octanol–water partition coefficient (Wildman–Crippen LogP) is 3.40. The second kappa shape index (κ2) is 5.82. The normalized spacial score (nSPS) is 12.9. The molecule has 1 rings (SSSR count). The van der Waals surface area contributed by atoms with Crippen molar-refractivity contribution in [3.63, 3.8) is 0 Å². The number of rotatable bonds is 6. The highest BCUT2D eigenvalue weighted by Crippen LogP contribution is 2.40. The number of aromatic nitrogens is 1. The minimum Gasteiger partial charge on any atom is -0.332 e. The summed E-state index contributed by atoms with van der Waals surface area (Å²) in [6.07, 6.45) is 1.46. The lowest BCUT2D eigenvalue weighted by molar-refractivity contribution is -0.218. The summed E-state index contributed by atoms with van der Waals surface area (Å²) in [6, 6.07) is 0. The van der Waals surface area contributed by atoms with Crippen LogP contribution in [-0.2, 0) is 19.6 Å². The van der Waals surface area contributed by atoms with E-state index in [1.807, 2.05) is 33.1 Å². The van der Waals surface area contributed by atoms with E-state index in [0.29, 0.717) is 5.01 Å². The molecule has 90 valence electrons. The predicted molar refractivity (Wildman–Crippen MR) is 63.8 cm³/mol. The number of hydrogen-bond acceptors (Lipinski definition) is 5. The van der Waals surface area contributed by atoms with E-state index in [1.54, 1.807) is 6.20 Å². The average Bonchev–Trinajstić information content (AvgIpc) is 2.68. The first-order chi connectivity index (χ1) is 7.50. The topological polar surface area (TPSA) is 48.4 Å². The second-order valence-corrected chi connectivity index (χ2v) is 5.51. The summed E-state index contributed by atoms with van der Waals surface area (Å²) in [5.41, 5.74) is -1.27. The Morgan fingerprint density at radius 1 is 1.31 bits per heavy atom. The molecule has 0 aliphatic heterocycles. The van der Waals surface area contributed by atoms with Crippen LogP contribution in [0.3, 0.4) is 0 Å². The van der Waals surface area contributed by atoms with Crippen LogP contribution in [0.4, 0.5) is 0 Å². The van der Waals surface area contributed by atoms with Gasteiger partial charge in [0.1, 0.15) is 0 Å². The highest BCUT2D eigenvalue weighted by Gasteiger charge is 2.40. The maximum atomic E-state index is 11.4. The van der Waals surface area contributed by atoms with E-state index in [-0.39, 0.29) is 20.7 Å². The van der Waals surface area contributed by atoms with Crippen LogP contribution in [-0.4, -0.2) is 17.2 Å². The van der Waals surface area contributed by atoms with E-state index in [1.165, 1.54) is 11.3 Å². The second-order valence-electron chi connectivity index (χ2n) is 3.84. The zero-order valence-electron chi connectivity index (χ0n) is 9.84. The van der Waals surface area contributed by atoms with Gasteiger partial charge in [-0.25, -0.2) is 4.98 Å². The fourth-order valence-corrected chi connectivity index (χ4v) is 2.76. The molecule has 0 aliphatic rings. The Balaban J connectivity index is 3.02. The summed E-state index contributed by atoms with van der Waals surface area (Å²) in [7, 11) is -0.231. The quantitative estimate of drug-likeness (QED) is 0.581. The molecule has 0 bridgehead atoms. The van der Waals surface area contributed by atoms with Crippen molar-refractivity contribution in [2.45, 2.75) is 45.4 Å². The Hall–Kier alpha value is -0.350. The standard InChI is InChI=1S/C10H16NO3PS/c1-7(2)13-10(15-12,14-8(3)4)9-11-5-6-16-9/h5-8H,1-4H3. The van der Waals surface area contributed by atoms with Gasteiger partial charge in [0.05, 0.1) is 12.2 Å². The minimum atomic E-state index is -1.27. The fourth-order valence-electron chi connectivity index (χ4n) is 1.23. The summed E-state index contributed by atoms with van der Waals surface area (Å²) >= 11 is 1.37. The summed E-state index contributed by atoms with van der Waals surface area (Å²) < 4.78 is 22.7. The van der Waals surface area contributed by atoms with Gasteiger partial charge >= 0.3 is 5.53 Å². The van der Waals surface area contributed by atoms with Gasteiger partial charge in [-0.05, 0) is 27.7 Å². The summed E-state index contributed by atoms with van der Waals surface area (Å²) in [5, 5.41) is 2.38. The van der Waals surface area contributed by atoms with Crippen molar-refractivity contribution in [1.82, 2.24) is 4.98 Å². The molecule has 0 saturated heterocycles. The molecule has 0 spiro atoms. The van der Waals surface area contributed by atoms with E-state index >= 15 is 0 Å². The van der Waals surface area contributed by atoms with Gasteiger partial charge in [-0.3, -0.25) is 4.57 Å². The molecule has 0 amide bonds. The van der Waals surface area contributed by atoms with Crippen molar-refractivity contribution in [1.29, 1.82) is 0 Å². The Labute approximate surface area is 101 Å². The molecule has 16 heavy (non-hydrogen) atoms. The third-order valence-corrected chi connectivity index (χ3v) is 3.28. The Kier molecular flexibility index (Phi) is 4.99. The largest absolute Gasteiger partial charge is 0.332 e. The average molecular weight is 261 g/mol. The molecule has 6 heteroatoms. The minimum absolute atomic E-state index is 0.0934. The molecule has 0 N–H and O–H groups in total. The molecule has 0 aliphatic carbocycles. The lowest BCUT2D eigenvalue weighted by Gasteiger charge is -2.29. The molecule has 1 heterocycles. The number of nitrogens with zero attached hydrogens (tertiary/aromatic N) is 1. The molecule has 1 aromatic heterocycles. The highest BCUT2D eigenvalue weighted by atomic mass is 32.1. The van der Waals surface area contributed by atoms with Gasteiger partial charge in [0.25, 0.3) is 0 Å². The monoisotopic (exact) mass is 261 g/mol. The zero-order valence-corrected chi connectivity index (χ0v) is 11.5. The van der Waals surface area contributed by atoms with Crippen LogP contribution in [0, 0.1) is 0 Å². The molecule has 0 atom stereocenters. The lowest BCUT2D eigenvalue weighted by Crippen LogP contribution is -2.32. The van der Waals surface area contributed by atoms with Crippen molar-refractivity contribution in [3.8, 4) is 0 Å². The SMILES string of the molecule is CC(C)OC(OC(C)C)(P=O)c1nccs1. The van der Waals surface area contributed by atoms with E-state index < -0.39 is 5.53 Å². The molecule has 0 saturated carbocycles.